The van der Waals surface area contributed by atoms with Crippen molar-refractivity contribution in [3.05, 3.63) is 146 Å². The number of rotatable bonds is 2. The van der Waals surface area contributed by atoms with Gasteiger partial charge in [0.05, 0.1) is 27.6 Å². The molecule has 5 heteroatoms. The second-order valence-electron chi connectivity index (χ2n) is 12.2. The Kier molecular flexibility index (Phi) is 4.96. The summed E-state index contributed by atoms with van der Waals surface area (Å²) >= 11 is 1.86. The molecule has 0 bridgehead atoms. The van der Waals surface area contributed by atoms with E-state index in [0.717, 1.165) is 44.6 Å². The third kappa shape index (κ3) is 3.41. The zero-order chi connectivity index (χ0) is 30.6. The maximum atomic E-state index is 5.40. The Morgan fingerprint density at radius 2 is 1.11 bits per heavy atom. The molecule has 11 rings (SSSR count). The third-order valence-corrected chi connectivity index (χ3v) is 10.8. The van der Waals surface area contributed by atoms with Crippen molar-refractivity contribution in [2.75, 3.05) is 0 Å². The molecule has 7 aromatic carbocycles. The molecule has 4 aromatic heterocycles. The van der Waals surface area contributed by atoms with Gasteiger partial charge in [-0.25, -0.2) is 9.97 Å². The Bertz CT molecular complexity index is 3090. The molecule has 47 heavy (non-hydrogen) atoms. The molecule has 0 spiro atoms. The smallest absolute Gasteiger partial charge is 0.221 e. The van der Waals surface area contributed by atoms with Crippen LogP contribution in [0, 0.1) is 0 Å². The Morgan fingerprint density at radius 3 is 1.98 bits per heavy atom. The monoisotopic (exact) mass is 616 g/mol. The molecule has 0 saturated carbocycles. The van der Waals surface area contributed by atoms with E-state index in [9.17, 15) is 0 Å². The lowest BCUT2D eigenvalue weighted by Crippen LogP contribution is -2.06. The summed E-state index contributed by atoms with van der Waals surface area (Å²) in [4.78, 5) is 10.5. The van der Waals surface area contributed by atoms with E-state index in [0.29, 0.717) is 0 Å². The fourth-order valence-electron chi connectivity index (χ4n) is 7.64. The van der Waals surface area contributed by atoms with E-state index >= 15 is 0 Å². The van der Waals surface area contributed by atoms with E-state index in [1.165, 1.54) is 52.8 Å². The molecule has 0 atom stereocenters. The molecule has 0 unspecified atom stereocenters. The van der Waals surface area contributed by atoms with Crippen molar-refractivity contribution in [3.63, 3.8) is 0 Å². The zero-order valence-electron chi connectivity index (χ0n) is 25.1. The minimum Gasteiger partial charge on any atom is -0.278 e. The van der Waals surface area contributed by atoms with Crippen molar-refractivity contribution in [1.29, 1.82) is 0 Å². The number of benzene rings is 7. The van der Waals surface area contributed by atoms with E-state index in [1.807, 2.05) is 11.3 Å². The predicted octanol–water partition coefficient (Wildman–Crippen LogP) is 11.3. The lowest BCUT2D eigenvalue weighted by atomic mass is 9.94. The number of imidazole rings is 1. The molecule has 0 aliphatic rings. The maximum Gasteiger partial charge on any atom is 0.221 e. The quantitative estimate of drug-likeness (QED) is 0.194. The SMILES string of the molecule is c1ccc2c(c1)nc(-n1c3ccccc3c3cc(-c4ccc5sc6ccccc6c5c4)c4ccccc4c31)n1c3ccccc3nc21. The molecule has 4 nitrogen and oxygen atoms in total. The highest BCUT2D eigenvalue weighted by molar-refractivity contribution is 7.25. The van der Waals surface area contributed by atoms with Gasteiger partial charge in [0.15, 0.2) is 0 Å². The predicted molar refractivity (Wildman–Crippen MR) is 198 cm³/mol. The van der Waals surface area contributed by atoms with E-state index in [1.54, 1.807) is 0 Å². The average molecular weight is 617 g/mol. The number of hydrogen-bond donors (Lipinski definition) is 0. The Balaban J connectivity index is 1.31. The topological polar surface area (TPSA) is 35.1 Å². The van der Waals surface area contributed by atoms with E-state index in [2.05, 4.69) is 155 Å². The average Bonchev–Trinajstić information content (AvgIpc) is 3.81. The molecule has 0 fully saturated rings. The highest BCUT2D eigenvalue weighted by Gasteiger charge is 2.22. The van der Waals surface area contributed by atoms with Gasteiger partial charge >= 0.3 is 0 Å². The summed E-state index contributed by atoms with van der Waals surface area (Å²) in [5.74, 6) is 0.836. The standard InChI is InChI=1S/C42H24N4S/c1-2-14-29-26(11-1)31(25-21-22-39-32(23-25)28-13-5-10-20-38(28)47-39)24-33-27-12-4-8-18-36(27)45(40(29)33)42-44-34-16-6-3-15-30(34)41-43-35-17-7-9-19-37(35)46(41)42/h1-24H. The first kappa shape index (κ1) is 25.2. The van der Waals surface area contributed by atoms with E-state index in [-0.39, 0.29) is 0 Å². The third-order valence-electron chi connectivity index (χ3n) is 9.69. The molecule has 0 aliphatic carbocycles. The highest BCUT2D eigenvalue weighted by atomic mass is 32.1. The summed E-state index contributed by atoms with van der Waals surface area (Å²) in [6.45, 7) is 0. The van der Waals surface area contributed by atoms with Gasteiger partial charge in [0.2, 0.25) is 5.95 Å². The Morgan fingerprint density at radius 1 is 0.447 bits per heavy atom. The molecule has 4 heterocycles. The molecule has 0 saturated heterocycles. The van der Waals surface area contributed by atoms with Crippen molar-refractivity contribution in [2.24, 2.45) is 0 Å². The summed E-state index contributed by atoms with van der Waals surface area (Å²) in [5, 5.41) is 8.48. The van der Waals surface area contributed by atoms with Gasteiger partial charge in [-0.15, -0.1) is 11.3 Å². The first-order valence-corrected chi connectivity index (χ1v) is 16.7. The molecular formula is C42H24N4S. The van der Waals surface area contributed by atoms with Gasteiger partial charge < -0.3 is 0 Å². The van der Waals surface area contributed by atoms with Crippen molar-refractivity contribution in [2.45, 2.75) is 0 Å². The van der Waals surface area contributed by atoms with Gasteiger partial charge in [-0.05, 0) is 71.1 Å². The van der Waals surface area contributed by atoms with Crippen LogP contribution >= 0.6 is 11.3 Å². The van der Waals surface area contributed by atoms with Crippen LogP contribution in [0.25, 0.3) is 97.4 Å². The summed E-state index contributed by atoms with van der Waals surface area (Å²) < 4.78 is 7.24. The minimum absolute atomic E-state index is 0.836. The summed E-state index contributed by atoms with van der Waals surface area (Å²) in [6, 6.07) is 52.3. The first-order chi connectivity index (χ1) is 23.3. The second-order valence-corrected chi connectivity index (χ2v) is 13.3. The lowest BCUT2D eigenvalue weighted by Gasteiger charge is -2.15. The van der Waals surface area contributed by atoms with Crippen molar-refractivity contribution >= 4 is 91.7 Å². The summed E-state index contributed by atoms with van der Waals surface area (Å²) in [5.41, 5.74) is 8.56. The number of nitrogens with zero attached hydrogens (tertiary/aromatic N) is 4. The zero-order valence-corrected chi connectivity index (χ0v) is 25.9. The van der Waals surface area contributed by atoms with Crippen molar-refractivity contribution < 1.29 is 0 Å². The van der Waals surface area contributed by atoms with Gasteiger partial charge in [-0.1, -0.05) is 91.0 Å². The van der Waals surface area contributed by atoms with Crippen LogP contribution in [0.4, 0.5) is 0 Å². The minimum atomic E-state index is 0.836. The summed E-state index contributed by atoms with van der Waals surface area (Å²) in [7, 11) is 0. The summed E-state index contributed by atoms with van der Waals surface area (Å²) in [6.07, 6.45) is 0. The van der Waals surface area contributed by atoms with Crippen molar-refractivity contribution in [3.8, 4) is 17.1 Å². The molecule has 0 aliphatic heterocycles. The van der Waals surface area contributed by atoms with Gasteiger partial charge in [-0.2, -0.15) is 0 Å². The maximum absolute atomic E-state index is 5.40. The van der Waals surface area contributed by atoms with Gasteiger partial charge in [0.1, 0.15) is 5.65 Å². The van der Waals surface area contributed by atoms with Gasteiger partial charge in [0.25, 0.3) is 0 Å². The van der Waals surface area contributed by atoms with Gasteiger partial charge in [0, 0.05) is 41.7 Å². The normalized spacial score (nSPS) is 12.3. The van der Waals surface area contributed by atoms with Crippen LogP contribution in [0.3, 0.4) is 0 Å². The first-order valence-electron chi connectivity index (χ1n) is 15.8. The number of fused-ring (bicyclic) bond motifs is 13. The second kappa shape index (κ2) is 9.25. The molecule has 0 radical (unpaired) electrons. The van der Waals surface area contributed by atoms with Crippen LogP contribution < -0.4 is 0 Å². The number of hydrogen-bond acceptors (Lipinski definition) is 3. The Labute approximate surface area is 272 Å². The van der Waals surface area contributed by atoms with Crippen LogP contribution in [0.2, 0.25) is 0 Å². The molecule has 218 valence electrons. The number of para-hydroxylation sites is 4. The molecule has 0 amide bonds. The van der Waals surface area contributed by atoms with E-state index < -0.39 is 0 Å². The van der Waals surface area contributed by atoms with Gasteiger partial charge in [-0.3, -0.25) is 8.97 Å². The van der Waals surface area contributed by atoms with Crippen LogP contribution in [0.5, 0.6) is 0 Å². The fraction of sp³-hybridized carbons (Fsp3) is 0. The highest BCUT2D eigenvalue weighted by Crippen LogP contribution is 2.43. The Hall–Kier alpha value is -6.04. The number of aromatic nitrogens is 4. The molecule has 11 aromatic rings. The lowest BCUT2D eigenvalue weighted by molar-refractivity contribution is 0.982. The number of thiophene rings is 1. The van der Waals surface area contributed by atoms with E-state index in [4.69, 9.17) is 9.97 Å². The van der Waals surface area contributed by atoms with Crippen LogP contribution in [0.1, 0.15) is 0 Å². The molecular weight excluding hydrogens is 593 g/mol. The van der Waals surface area contributed by atoms with Crippen LogP contribution in [0.15, 0.2) is 146 Å². The molecule has 0 N–H and O–H groups in total. The fourth-order valence-corrected chi connectivity index (χ4v) is 8.73. The van der Waals surface area contributed by atoms with Crippen molar-refractivity contribution in [1.82, 2.24) is 18.9 Å². The largest absolute Gasteiger partial charge is 0.278 e. The van der Waals surface area contributed by atoms with Crippen LogP contribution in [-0.2, 0) is 0 Å². The van der Waals surface area contributed by atoms with Crippen LogP contribution in [-0.4, -0.2) is 18.9 Å².